The molecule has 39 heavy (non-hydrogen) atoms. The zero-order chi connectivity index (χ0) is 27.5. The monoisotopic (exact) mass is 540 g/mol. The van der Waals surface area contributed by atoms with Crippen molar-refractivity contribution in [1.29, 1.82) is 0 Å². The molecule has 4 aromatic carbocycles. The van der Waals surface area contributed by atoms with Crippen LogP contribution in [-0.4, -0.2) is 30.7 Å². The van der Waals surface area contributed by atoms with Crippen molar-refractivity contribution in [3.63, 3.8) is 0 Å². The van der Waals surface area contributed by atoms with Crippen molar-refractivity contribution >= 4 is 10.0 Å². The van der Waals surface area contributed by atoms with E-state index in [2.05, 4.69) is 72.5 Å². The first-order valence-corrected chi connectivity index (χ1v) is 15.2. The fraction of sp³-hybridized carbons (Fsp3) is 0.294. The highest BCUT2D eigenvalue weighted by Gasteiger charge is 2.25. The van der Waals surface area contributed by atoms with E-state index in [4.69, 9.17) is 0 Å². The van der Waals surface area contributed by atoms with Crippen LogP contribution in [0.5, 0.6) is 0 Å². The van der Waals surface area contributed by atoms with Crippen LogP contribution in [0, 0.1) is 12.8 Å². The lowest BCUT2D eigenvalue weighted by Gasteiger charge is -2.26. The minimum atomic E-state index is -3.60. The fourth-order valence-corrected chi connectivity index (χ4v) is 6.18. The highest BCUT2D eigenvalue weighted by atomic mass is 32.2. The summed E-state index contributed by atoms with van der Waals surface area (Å²) in [7, 11) is -3.60. The van der Waals surface area contributed by atoms with Crippen LogP contribution in [0.3, 0.4) is 0 Å². The summed E-state index contributed by atoms with van der Waals surface area (Å²) in [5.74, 6) is 0.380. The van der Waals surface area contributed by atoms with E-state index in [9.17, 15) is 8.42 Å². The molecule has 0 aromatic heterocycles. The van der Waals surface area contributed by atoms with E-state index in [0.717, 1.165) is 43.6 Å². The van der Waals surface area contributed by atoms with Crippen LogP contribution in [0.4, 0.5) is 0 Å². The molecular formula is C34H40N2O2S. The number of benzene rings is 4. The first-order valence-electron chi connectivity index (χ1n) is 13.8. The van der Waals surface area contributed by atoms with E-state index < -0.39 is 10.0 Å². The number of hydrogen-bond acceptors (Lipinski definition) is 3. The van der Waals surface area contributed by atoms with E-state index in [0.29, 0.717) is 23.9 Å². The van der Waals surface area contributed by atoms with Gasteiger partial charge in [-0.05, 0) is 61.1 Å². The average Bonchev–Trinajstić information content (AvgIpc) is 2.96. The topological polar surface area (TPSA) is 40.6 Å². The summed E-state index contributed by atoms with van der Waals surface area (Å²) >= 11 is 0. The maximum atomic E-state index is 13.7. The van der Waals surface area contributed by atoms with Gasteiger partial charge in [-0.3, -0.25) is 4.90 Å². The van der Waals surface area contributed by atoms with Crippen molar-refractivity contribution in [2.75, 3.05) is 13.1 Å². The Balaban J connectivity index is 1.41. The lowest BCUT2D eigenvalue weighted by Crippen LogP contribution is -2.33. The summed E-state index contributed by atoms with van der Waals surface area (Å²) in [5, 5.41) is 0. The van der Waals surface area contributed by atoms with E-state index in [1.807, 2.05) is 49.4 Å². The highest BCUT2D eigenvalue weighted by Crippen LogP contribution is 2.22. The Morgan fingerprint density at radius 2 is 1.03 bits per heavy atom. The summed E-state index contributed by atoms with van der Waals surface area (Å²) in [4.78, 5) is 2.85. The zero-order valence-corrected chi connectivity index (χ0v) is 23.9. The molecule has 4 aromatic rings. The van der Waals surface area contributed by atoms with Crippen molar-refractivity contribution in [2.45, 2.75) is 51.2 Å². The predicted molar refractivity (Wildman–Crippen MR) is 161 cm³/mol. The zero-order valence-electron chi connectivity index (χ0n) is 23.1. The second-order valence-electron chi connectivity index (χ2n) is 10.5. The molecule has 204 valence electrons. The van der Waals surface area contributed by atoms with Crippen molar-refractivity contribution in [3.05, 3.63) is 138 Å². The Hall–Kier alpha value is -3.25. The molecule has 0 spiro atoms. The van der Waals surface area contributed by atoms with Crippen LogP contribution in [-0.2, 0) is 29.7 Å². The standard InChI is InChI=1S/C34H40N2O2S/c1-29-18-20-34(21-19-29)39(37,38)36(28-33-16-10-5-11-17-33)25-23-30(2)22-24-35(26-31-12-6-3-7-13-31)27-32-14-8-4-9-15-32/h3-21,30H,22-28H2,1-2H3/t30-/m1/s1. The van der Waals surface area contributed by atoms with Gasteiger partial charge >= 0.3 is 0 Å². The molecule has 5 heteroatoms. The summed E-state index contributed by atoms with van der Waals surface area (Å²) in [5.41, 5.74) is 4.66. The number of aryl methyl sites for hydroxylation is 1. The number of rotatable bonds is 14. The highest BCUT2D eigenvalue weighted by molar-refractivity contribution is 7.89. The lowest BCUT2D eigenvalue weighted by molar-refractivity contribution is 0.232. The van der Waals surface area contributed by atoms with Crippen LogP contribution in [0.1, 0.15) is 42.0 Å². The molecule has 0 fully saturated rings. The van der Waals surface area contributed by atoms with E-state index in [1.54, 1.807) is 16.4 Å². The van der Waals surface area contributed by atoms with Gasteiger partial charge in [-0.2, -0.15) is 4.31 Å². The molecule has 4 nitrogen and oxygen atoms in total. The minimum Gasteiger partial charge on any atom is -0.295 e. The van der Waals surface area contributed by atoms with E-state index >= 15 is 0 Å². The SMILES string of the molecule is Cc1ccc(S(=O)(=O)N(CC[C@H](C)CCN(Cc2ccccc2)Cc2ccccc2)Cc2ccccc2)cc1. The van der Waals surface area contributed by atoms with Crippen LogP contribution in [0.25, 0.3) is 0 Å². The molecule has 0 bridgehead atoms. The summed E-state index contributed by atoms with van der Waals surface area (Å²) in [6, 6.07) is 38.2. The normalized spacial score (nSPS) is 12.6. The van der Waals surface area contributed by atoms with Crippen molar-refractivity contribution < 1.29 is 8.42 Å². The molecule has 0 saturated heterocycles. The first-order chi connectivity index (χ1) is 18.9. The summed E-state index contributed by atoms with van der Waals surface area (Å²) < 4.78 is 28.9. The molecular weight excluding hydrogens is 500 g/mol. The van der Waals surface area contributed by atoms with Crippen LogP contribution in [0.2, 0.25) is 0 Å². The lowest BCUT2D eigenvalue weighted by atomic mass is 10.0. The van der Waals surface area contributed by atoms with Crippen LogP contribution in [0.15, 0.2) is 120 Å². The Kier molecular flexibility index (Phi) is 10.5. The van der Waals surface area contributed by atoms with Gasteiger partial charge in [0.15, 0.2) is 0 Å². The first kappa shape index (κ1) is 28.8. The molecule has 0 saturated carbocycles. The Bertz CT molecular complexity index is 1320. The maximum Gasteiger partial charge on any atom is 0.243 e. The molecule has 0 unspecified atom stereocenters. The average molecular weight is 541 g/mol. The van der Waals surface area contributed by atoms with Gasteiger partial charge in [0.2, 0.25) is 10.0 Å². The number of hydrogen-bond donors (Lipinski definition) is 0. The van der Waals surface area contributed by atoms with Gasteiger partial charge in [-0.25, -0.2) is 8.42 Å². The van der Waals surface area contributed by atoms with Crippen molar-refractivity contribution in [2.24, 2.45) is 5.92 Å². The molecule has 0 aliphatic carbocycles. The molecule has 0 aliphatic heterocycles. The van der Waals surface area contributed by atoms with Gasteiger partial charge in [-0.15, -0.1) is 0 Å². The molecule has 0 radical (unpaired) electrons. The maximum absolute atomic E-state index is 13.7. The van der Waals surface area contributed by atoms with Gasteiger partial charge in [0, 0.05) is 26.2 Å². The fourth-order valence-electron chi connectivity index (χ4n) is 4.74. The smallest absolute Gasteiger partial charge is 0.243 e. The largest absolute Gasteiger partial charge is 0.295 e. The molecule has 1 atom stereocenters. The second-order valence-corrected chi connectivity index (χ2v) is 12.4. The third-order valence-corrected chi connectivity index (χ3v) is 9.03. The molecule has 0 aliphatic rings. The molecule has 0 N–H and O–H groups in total. The predicted octanol–water partition coefficient (Wildman–Crippen LogP) is 7.30. The Morgan fingerprint density at radius 3 is 1.51 bits per heavy atom. The van der Waals surface area contributed by atoms with Crippen molar-refractivity contribution in [3.8, 4) is 0 Å². The van der Waals surface area contributed by atoms with Gasteiger partial charge in [0.05, 0.1) is 4.90 Å². The van der Waals surface area contributed by atoms with Crippen LogP contribution >= 0.6 is 0 Å². The van der Waals surface area contributed by atoms with Gasteiger partial charge in [0.25, 0.3) is 0 Å². The second kappa shape index (κ2) is 14.2. The Morgan fingerprint density at radius 1 is 0.590 bits per heavy atom. The van der Waals surface area contributed by atoms with Gasteiger partial charge in [0.1, 0.15) is 0 Å². The molecule has 0 amide bonds. The third kappa shape index (κ3) is 8.89. The minimum absolute atomic E-state index is 0.355. The molecule has 4 rings (SSSR count). The van der Waals surface area contributed by atoms with Crippen molar-refractivity contribution in [1.82, 2.24) is 9.21 Å². The Labute approximate surface area is 235 Å². The summed E-state index contributed by atoms with van der Waals surface area (Å²) in [6.07, 6.45) is 1.81. The van der Waals surface area contributed by atoms with Gasteiger partial charge < -0.3 is 0 Å². The quantitative estimate of drug-likeness (QED) is 0.168. The summed E-state index contributed by atoms with van der Waals surface area (Å²) in [6.45, 7) is 7.81. The van der Waals surface area contributed by atoms with E-state index in [-0.39, 0.29) is 0 Å². The number of sulfonamides is 1. The van der Waals surface area contributed by atoms with Gasteiger partial charge in [-0.1, -0.05) is 116 Å². The van der Waals surface area contributed by atoms with E-state index in [1.165, 1.54) is 11.1 Å². The van der Waals surface area contributed by atoms with Crippen LogP contribution < -0.4 is 0 Å². The third-order valence-electron chi connectivity index (χ3n) is 7.17. The molecule has 0 heterocycles. The number of nitrogens with zero attached hydrogens (tertiary/aromatic N) is 2.